The third-order valence-electron chi connectivity index (χ3n) is 5.92. The van der Waals surface area contributed by atoms with Gasteiger partial charge in [-0.1, -0.05) is 17.9 Å². The molecular formula is C25H22N6O4. The van der Waals surface area contributed by atoms with Crippen molar-refractivity contribution in [2.24, 2.45) is 7.05 Å². The molecule has 0 saturated carbocycles. The Labute approximate surface area is 200 Å². The van der Waals surface area contributed by atoms with Crippen molar-refractivity contribution in [3.05, 3.63) is 60.0 Å². The van der Waals surface area contributed by atoms with Crippen molar-refractivity contribution in [3.8, 4) is 28.8 Å². The Balaban J connectivity index is 1.61. The number of hydrogen-bond donors (Lipinski definition) is 1. The highest BCUT2D eigenvalue weighted by atomic mass is 16.5. The zero-order chi connectivity index (χ0) is 24.7. The van der Waals surface area contributed by atoms with Crippen LogP contribution < -0.4 is 0 Å². The largest absolute Gasteiger partial charge is 0.464 e. The standard InChI is InChI=1S/C25H22N6O4/c1-29-12-11-25(34,24(29)33)10-9-16-5-4-6-18(13-16)31-22-19(21(28-31)23(32)35-3)7-8-20(27-22)17-14-26-30(2)15-17/h4-8,13-15,34H,11-12H2,1-3H3/t25-/m0/s1. The van der Waals surface area contributed by atoms with E-state index in [4.69, 9.17) is 9.72 Å². The number of methoxy groups -OCH3 is 1. The van der Waals surface area contributed by atoms with Gasteiger partial charge in [0.1, 0.15) is 0 Å². The van der Waals surface area contributed by atoms with Gasteiger partial charge in [0.2, 0.25) is 5.60 Å². The summed E-state index contributed by atoms with van der Waals surface area (Å²) < 4.78 is 8.15. The predicted octanol–water partition coefficient (Wildman–Crippen LogP) is 1.55. The average Bonchev–Trinajstić information content (AvgIpc) is 3.55. The molecule has 1 atom stereocenters. The van der Waals surface area contributed by atoms with E-state index < -0.39 is 17.5 Å². The van der Waals surface area contributed by atoms with E-state index >= 15 is 0 Å². The van der Waals surface area contributed by atoms with Gasteiger partial charge in [0, 0.05) is 44.4 Å². The first kappa shape index (κ1) is 22.3. The molecule has 1 N–H and O–H groups in total. The van der Waals surface area contributed by atoms with Crippen molar-refractivity contribution in [3.63, 3.8) is 0 Å². The lowest BCUT2D eigenvalue weighted by Crippen LogP contribution is -2.37. The summed E-state index contributed by atoms with van der Waals surface area (Å²) in [4.78, 5) is 30.9. The molecule has 10 nitrogen and oxygen atoms in total. The Kier molecular flexibility index (Phi) is 5.34. The van der Waals surface area contributed by atoms with Gasteiger partial charge in [-0.05, 0) is 30.3 Å². The molecule has 35 heavy (non-hydrogen) atoms. The van der Waals surface area contributed by atoms with Crippen LogP contribution in [0.2, 0.25) is 0 Å². The van der Waals surface area contributed by atoms with Crippen LogP contribution in [0.4, 0.5) is 0 Å². The van der Waals surface area contributed by atoms with E-state index in [1.807, 2.05) is 13.2 Å². The second-order valence-electron chi connectivity index (χ2n) is 8.36. The molecule has 1 aromatic carbocycles. The molecule has 5 rings (SSSR count). The lowest BCUT2D eigenvalue weighted by molar-refractivity contribution is -0.137. The molecule has 0 spiro atoms. The number of likely N-dealkylation sites (tertiary alicyclic amines) is 1. The van der Waals surface area contributed by atoms with Crippen molar-refractivity contribution in [1.29, 1.82) is 0 Å². The minimum atomic E-state index is -1.69. The second-order valence-corrected chi connectivity index (χ2v) is 8.36. The smallest absolute Gasteiger partial charge is 0.359 e. The molecular weight excluding hydrogens is 448 g/mol. The Morgan fingerprint density at radius 2 is 2.06 bits per heavy atom. The third kappa shape index (κ3) is 3.92. The fraction of sp³-hybridized carbons (Fsp3) is 0.240. The lowest BCUT2D eigenvalue weighted by atomic mass is 10.0. The molecule has 1 aliphatic heterocycles. The van der Waals surface area contributed by atoms with Gasteiger partial charge in [-0.15, -0.1) is 0 Å². The molecule has 3 aromatic heterocycles. The summed E-state index contributed by atoms with van der Waals surface area (Å²) in [5.74, 6) is 4.64. The van der Waals surface area contributed by atoms with Crippen LogP contribution in [0.3, 0.4) is 0 Å². The van der Waals surface area contributed by atoms with Crippen LogP contribution in [0.25, 0.3) is 28.0 Å². The highest BCUT2D eigenvalue weighted by Crippen LogP contribution is 2.26. The van der Waals surface area contributed by atoms with Crippen LogP contribution in [-0.4, -0.2) is 72.7 Å². The number of benzene rings is 1. The zero-order valence-corrected chi connectivity index (χ0v) is 19.4. The number of ether oxygens (including phenoxy) is 1. The topological polar surface area (TPSA) is 115 Å². The van der Waals surface area contributed by atoms with Gasteiger partial charge in [-0.3, -0.25) is 9.48 Å². The van der Waals surface area contributed by atoms with Gasteiger partial charge >= 0.3 is 5.97 Å². The number of amides is 1. The number of likely N-dealkylation sites (N-methyl/N-ethyl adjacent to an activating group) is 1. The van der Waals surface area contributed by atoms with Crippen LogP contribution in [0.15, 0.2) is 48.8 Å². The van der Waals surface area contributed by atoms with Gasteiger partial charge < -0.3 is 14.7 Å². The first-order valence-corrected chi connectivity index (χ1v) is 10.9. The summed E-state index contributed by atoms with van der Waals surface area (Å²) >= 11 is 0. The Bertz CT molecular complexity index is 1540. The Morgan fingerprint density at radius 3 is 2.74 bits per heavy atom. The number of carbonyl (C=O) groups excluding carboxylic acids is 2. The number of aromatic nitrogens is 5. The number of esters is 1. The minimum Gasteiger partial charge on any atom is -0.464 e. The Hall–Kier alpha value is -4.49. The summed E-state index contributed by atoms with van der Waals surface area (Å²) in [6.07, 6.45) is 3.81. The number of aliphatic hydroxyl groups is 1. The number of pyridine rings is 1. The maximum Gasteiger partial charge on any atom is 0.359 e. The van der Waals surface area contributed by atoms with Crippen LogP contribution in [0.1, 0.15) is 22.5 Å². The fourth-order valence-corrected chi connectivity index (χ4v) is 4.00. The number of aryl methyl sites for hydroxylation is 1. The molecule has 10 heteroatoms. The maximum atomic E-state index is 12.4. The fourth-order valence-electron chi connectivity index (χ4n) is 4.00. The predicted molar refractivity (Wildman–Crippen MR) is 126 cm³/mol. The second kappa shape index (κ2) is 8.38. The van der Waals surface area contributed by atoms with Crippen molar-refractivity contribution in [2.45, 2.75) is 12.0 Å². The van der Waals surface area contributed by atoms with E-state index in [1.54, 1.807) is 59.0 Å². The van der Waals surface area contributed by atoms with Gasteiger partial charge in [0.05, 0.1) is 30.1 Å². The van der Waals surface area contributed by atoms with Gasteiger partial charge in [-0.2, -0.15) is 10.2 Å². The van der Waals surface area contributed by atoms with E-state index in [0.717, 1.165) is 5.56 Å². The molecule has 0 unspecified atom stereocenters. The average molecular weight is 470 g/mol. The minimum absolute atomic E-state index is 0.137. The first-order valence-electron chi connectivity index (χ1n) is 10.9. The summed E-state index contributed by atoms with van der Waals surface area (Å²) in [6, 6.07) is 10.7. The molecule has 4 heterocycles. The number of rotatable bonds is 3. The van der Waals surface area contributed by atoms with Gasteiger partial charge in [0.25, 0.3) is 5.91 Å². The van der Waals surface area contributed by atoms with Crippen LogP contribution >= 0.6 is 0 Å². The van der Waals surface area contributed by atoms with E-state index in [-0.39, 0.29) is 12.1 Å². The number of hydrogen-bond acceptors (Lipinski definition) is 7. The maximum absolute atomic E-state index is 12.4. The number of nitrogens with zero attached hydrogens (tertiary/aromatic N) is 6. The third-order valence-corrected chi connectivity index (χ3v) is 5.92. The van der Waals surface area contributed by atoms with E-state index in [0.29, 0.717) is 34.5 Å². The number of fused-ring (bicyclic) bond motifs is 1. The molecule has 0 aliphatic carbocycles. The molecule has 0 radical (unpaired) electrons. The summed E-state index contributed by atoms with van der Waals surface area (Å²) in [7, 11) is 4.76. The first-order chi connectivity index (χ1) is 16.8. The Morgan fingerprint density at radius 1 is 1.23 bits per heavy atom. The van der Waals surface area contributed by atoms with Crippen LogP contribution in [0.5, 0.6) is 0 Å². The normalized spacial score (nSPS) is 17.5. The molecule has 176 valence electrons. The van der Waals surface area contributed by atoms with Crippen molar-refractivity contribution in [1.82, 2.24) is 29.4 Å². The summed E-state index contributed by atoms with van der Waals surface area (Å²) in [6.45, 7) is 0.449. The molecule has 4 aromatic rings. The van der Waals surface area contributed by atoms with Gasteiger partial charge in [-0.25, -0.2) is 14.5 Å². The van der Waals surface area contributed by atoms with Crippen molar-refractivity contribution < 1.29 is 19.4 Å². The van der Waals surface area contributed by atoms with Crippen LogP contribution in [-0.2, 0) is 16.6 Å². The molecule has 1 aliphatic rings. The molecule has 1 fully saturated rings. The van der Waals surface area contributed by atoms with Crippen LogP contribution in [0, 0.1) is 11.8 Å². The van der Waals surface area contributed by atoms with Crippen molar-refractivity contribution in [2.75, 3.05) is 20.7 Å². The molecule has 1 saturated heterocycles. The molecule has 1 amide bonds. The lowest BCUT2D eigenvalue weighted by Gasteiger charge is -2.13. The van der Waals surface area contributed by atoms with Crippen molar-refractivity contribution >= 4 is 22.9 Å². The van der Waals surface area contributed by atoms with Gasteiger partial charge in [0.15, 0.2) is 11.3 Å². The molecule has 0 bridgehead atoms. The van der Waals surface area contributed by atoms with E-state index in [2.05, 4.69) is 22.0 Å². The SMILES string of the molecule is COC(=O)c1nn(-c2cccc(C#C[C@]3(O)CCN(C)C3=O)c2)c2nc(-c3cnn(C)c3)ccc12. The van der Waals surface area contributed by atoms with E-state index in [9.17, 15) is 14.7 Å². The highest BCUT2D eigenvalue weighted by molar-refractivity contribution is 6.02. The summed E-state index contributed by atoms with van der Waals surface area (Å²) in [5, 5.41) is 19.8. The monoisotopic (exact) mass is 470 g/mol. The number of carbonyl (C=O) groups is 2. The summed E-state index contributed by atoms with van der Waals surface area (Å²) in [5.41, 5.74) is 1.58. The highest BCUT2D eigenvalue weighted by Gasteiger charge is 2.42. The van der Waals surface area contributed by atoms with E-state index in [1.165, 1.54) is 12.0 Å². The quantitative estimate of drug-likeness (QED) is 0.357. The zero-order valence-electron chi connectivity index (χ0n) is 19.4.